The highest BCUT2D eigenvalue weighted by atomic mass is 35.5. The summed E-state index contributed by atoms with van der Waals surface area (Å²) >= 11 is 6.25. The number of aryl methyl sites for hydroxylation is 2. The van der Waals surface area contributed by atoms with Crippen molar-refractivity contribution in [2.24, 2.45) is 12.5 Å². The molecule has 0 bridgehead atoms. The highest BCUT2D eigenvalue weighted by Crippen LogP contribution is 2.33. The number of aliphatic carboxylic acids is 1. The van der Waals surface area contributed by atoms with Crippen molar-refractivity contribution in [3.63, 3.8) is 0 Å². The van der Waals surface area contributed by atoms with Crippen LogP contribution >= 0.6 is 11.6 Å². The van der Waals surface area contributed by atoms with Gasteiger partial charge in [-0.1, -0.05) is 25.4 Å². The second-order valence-electron chi connectivity index (χ2n) is 4.82. The Bertz CT molecular complexity index is 541. The molecule has 6 nitrogen and oxygen atoms in total. The van der Waals surface area contributed by atoms with Crippen LogP contribution in [0.25, 0.3) is 0 Å². The summed E-state index contributed by atoms with van der Waals surface area (Å²) in [6.45, 7) is 5.34. The zero-order chi connectivity index (χ0) is 16.2. The number of esters is 1. The van der Waals surface area contributed by atoms with E-state index >= 15 is 0 Å². The van der Waals surface area contributed by atoms with Gasteiger partial charge in [0.05, 0.1) is 23.0 Å². The van der Waals surface area contributed by atoms with Gasteiger partial charge in [0.15, 0.2) is 5.41 Å². The summed E-state index contributed by atoms with van der Waals surface area (Å²) in [5, 5.41) is 14.2. The quantitative estimate of drug-likeness (QED) is 0.616. The number of aromatic nitrogens is 2. The van der Waals surface area contributed by atoms with Crippen molar-refractivity contribution < 1.29 is 19.4 Å². The molecule has 0 aliphatic carbocycles. The van der Waals surface area contributed by atoms with Crippen molar-refractivity contribution >= 4 is 23.5 Å². The van der Waals surface area contributed by atoms with Crippen LogP contribution in [0.2, 0.25) is 5.02 Å². The van der Waals surface area contributed by atoms with Crippen LogP contribution in [0.5, 0.6) is 0 Å². The van der Waals surface area contributed by atoms with Crippen molar-refractivity contribution in [1.82, 2.24) is 9.78 Å². The van der Waals surface area contributed by atoms with E-state index in [2.05, 4.69) is 5.10 Å². The molecular weight excluding hydrogens is 296 g/mol. The Kier molecular flexibility index (Phi) is 5.78. The molecule has 0 aliphatic rings. The molecule has 1 heterocycles. The normalized spacial score (nSPS) is 13.8. The lowest BCUT2D eigenvalue weighted by Gasteiger charge is -2.25. The summed E-state index contributed by atoms with van der Waals surface area (Å²) in [5.74, 6) is -1.95. The van der Waals surface area contributed by atoms with Crippen molar-refractivity contribution in [2.75, 3.05) is 6.61 Å². The number of hydrogen-bond acceptors (Lipinski definition) is 4. The maximum atomic E-state index is 12.2. The van der Waals surface area contributed by atoms with Crippen LogP contribution in [-0.2, 0) is 34.2 Å². The minimum atomic E-state index is -1.64. The van der Waals surface area contributed by atoms with Crippen LogP contribution in [0.4, 0.5) is 0 Å². The van der Waals surface area contributed by atoms with Gasteiger partial charge in [-0.15, -0.1) is 0 Å². The lowest BCUT2D eigenvalue weighted by Crippen LogP contribution is -2.42. The number of carboxylic acid groups (broad SMARTS) is 1. The third-order valence-electron chi connectivity index (χ3n) is 3.65. The number of hydrogen-bond donors (Lipinski definition) is 1. The molecule has 0 fully saturated rings. The average molecular weight is 317 g/mol. The fraction of sp³-hybridized carbons (Fsp3) is 0.643. The molecular formula is C14H21ClN2O4. The van der Waals surface area contributed by atoms with E-state index in [4.69, 9.17) is 16.3 Å². The number of ether oxygens (including phenoxy) is 1. The number of carbonyl (C=O) groups excluding carboxylic acids is 1. The topological polar surface area (TPSA) is 81.4 Å². The van der Waals surface area contributed by atoms with E-state index in [1.54, 1.807) is 20.9 Å². The van der Waals surface area contributed by atoms with Crippen molar-refractivity contribution in [1.29, 1.82) is 0 Å². The number of nitrogens with zero attached hydrogens (tertiary/aromatic N) is 2. The molecule has 0 aromatic carbocycles. The SMILES string of the molecule is CCOC(=O)C(CC)(Cc1c(Cl)c(CC)nn1C)C(=O)O. The lowest BCUT2D eigenvalue weighted by atomic mass is 9.80. The van der Waals surface area contributed by atoms with Gasteiger partial charge in [-0.3, -0.25) is 14.3 Å². The maximum Gasteiger partial charge on any atom is 0.323 e. The predicted molar refractivity (Wildman–Crippen MR) is 78.3 cm³/mol. The Morgan fingerprint density at radius 2 is 2.00 bits per heavy atom. The van der Waals surface area contributed by atoms with E-state index < -0.39 is 17.4 Å². The highest BCUT2D eigenvalue weighted by molar-refractivity contribution is 6.32. The van der Waals surface area contributed by atoms with E-state index in [0.717, 1.165) is 0 Å². The molecule has 21 heavy (non-hydrogen) atoms. The van der Waals surface area contributed by atoms with Gasteiger partial charge in [0.1, 0.15) is 0 Å². The van der Waals surface area contributed by atoms with E-state index in [9.17, 15) is 14.7 Å². The molecule has 1 aromatic heterocycles. The minimum absolute atomic E-state index is 0.0417. The first kappa shape index (κ1) is 17.5. The van der Waals surface area contributed by atoms with Crippen molar-refractivity contribution in [2.45, 2.75) is 40.0 Å². The van der Waals surface area contributed by atoms with Crippen LogP contribution < -0.4 is 0 Å². The molecule has 1 aromatic rings. The molecule has 0 saturated heterocycles. The summed E-state index contributed by atoms with van der Waals surface area (Å²) in [7, 11) is 1.69. The standard InChI is InChI=1S/C14H21ClN2O4/c1-5-9-11(15)10(17(4)16-9)8-14(6-2,12(18)19)13(20)21-7-3/h5-8H2,1-4H3,(H,18,19). The summed E-state index contributed by atoms with van der Waals surface area (Å²) in [6.07, 6.45) is 0.711. The van der Waals surface area contributed by atoms with Gasteiger partial charge in [0, 0.05) is 13.5 Å². The van der Waals surface area contributed by atoms with Crippen LogP contribution in [0.1, 0.15) is 38.6 Å². The Morgan fingerprint density at radius 3 is 2.38 bits per heavy atom. The molecule has 0 aliphatic heterocycles. The molecule has 1 rings (SSSR count). The molecule has 1 N–H and O–H groups in total. The van der Waals surface area contributed by atoms with Gasteiger partial charge in [-0.05, 0) is 19.8 Å². The van der Waals surface area contributed by atoms with Gasteiger partial charge in [0.25, 0.3) is 0 Å². The van der Waals surface area contributed by atoms with E-state index in [1.807, 2.05) is 6.92 Å². The Hall–Kier alpha value is -1.56. The zero-order valence-corrected chi connectivity index (χ0v) is 13.5. The molecule has 0 amide bonds. The van der Waals surface area contributed by atoms with Crippen LogP contribution in [0.15, 0.2) is 0 Å². The minimum Gasteiger partial charge on any atom is -0.480 e. The summed E-state index contributed by atoms with van der Waals surface area (Å²) in [6, 6.07) is 0. The molecule has 0 saturated carbocycles. The lowest BCUT2D eigenvalue weighted by molar-refractivity contribution is -0.169. The van der Waals surface area contributed by atoms with Gasteiger partial charge in [-0.2, -0.15) is 5.10 Å². The second-order valence-corrected chi connectivity index (χ2v) is 5.20. The zero-order valence-electron chi connectivity index (χ0n) is 12.8. The summed E-state index contributed by atoms with van der Waals surface area (Å²) in [5.41, 5.74) is -0.419. The Labute approximate surface area is 129 Å². The van der Waals surface area contributed by atoms with Gasteiger partial charge < -0.3 is 9.84 Å². The molecule has 1 atom stereocenters. The Balaban J connectivity index is 3.28. The monoisotopic (exact) mass is 316 g/mol. The first-order valence-electron chi connectivity index (χ1n) is 6.94. The van der Waals surface area contributed by atoms with Gasteiger partial charge >= 0.3 is 11.9 Å². The van der Waals surface area contributed by atoms with E-state index in [1.165, 1.54) is 4.68 Å². The third kappa shape index (κ3) is 3.20. The predicted octanol–water partition coefficient (Wildman–Crippen LogP) is 2.22. The van der Waals surface area contributed by atoms with Crippen LogP contribution in [0.3, 0.4) is 0 Å². The third-order valence-corrected chi connectivity index (χ3v) is 4.09. The smallest absolute Gasteiger partial charge is 0.323 e. The summed E-state index contributed by atoms with van der Waals surface area (Å²) in [4.78, 5) is 23.9. The number of carbonyl (C=O) groups is 2. The average Bonchev–Trinajstić information content (AvgIpc) is 2.71. The number of carboxylic acids is 1. The maximum absolute atomic E-state index is 12.2. The molecule has 7 heteroatoms. The largest absolute Gasteiger partial charge is 0.480 e. The van der Waals surface area contributed by atoms with Crippen molar-refractivity contribution in [3.05, 3.63) is 16.4 Å². The van der Waals surface area contributed by atoms with E-state index in [0.29, 0.717) is 22.8 Å². The molecule has 0 spiro atoms. The molecule has 0 radical (unpaired) electrons. The second kappa shape index (κ2) is 6.93. The number of rotatable bonds is 7. The van der Waals surface area contributed by atoms with E-state index in [-0.39, 0.29) is 19.4 Å². The Morgan fingerprint density at radius 1 is 1.38 bits per heavy atom. The van der Waals surface area contributed by atoms with Crippen LogP contribution in [0, 0.1) is 5.41 Å². The van der Waals surface area contributed by atoms with Gasteiger partial charge in [-0.25, -0.2) is 0 Å². The fourth-order valence-corrected chi connectivity index (χ4v) is 2.58. The first-order chi connectivity index (χ1) is 9.83. The fourth-order valence-electron chi connectivity index (χ4n) is 2.22. The first-order valence-corrected chi connectivity index (χ1v) is 7.32. The van der Waals surface area contributed by atoms with Crippen molar-refractivity contribution in [3.8, 4) is 0 Å². The molecule has 118 valence electrons. The summed E-state index contributed by atoms with van der Waals surface area (Å²) < 4.78 is 6.49. The van der Waals surface area contributed by atoms with Gasteiger partial charge in [0.2, 0.25) is 0 Å². The molecule has 1 unspecified atom stereocenters. The number of halogens is 1. The highest BCUT2D eigenvalue weighted by Gasteiger charge is 2.47. The van der Waals surface area contributed by atoms with Crippen LogP contribution in [-0.4, -0.2) is 33.4 Å².